The van der Waals surface area contributed by atoms with Crippen molar-refractivity contribution >= 4 is 0 Å². The number of pyridine rings is 1. The average Bonchev–Trinajstić information content (AvgIpc) is 2.76. The number of aromatic nitrogens is 3. The summed E-state index contributed by atoms with van der Waals surface area (Å²) in [5.41, 5.74) is 4.48. The molecule has 0 saturated heterocycles. The molecule has 4 nitrogen and oxygen atoms in total. The van der Waals surface area contributed by atoms with Crippen molar-refractivity contribution in [1.29, 1.82) is 0 Å². The summed E-state index contributed by atoms with van der Waals surface area (Å²) in [7, 11) is 0. The van der Waals surface area contributed by atoms with Gasteiger partial charge >= 0.3 is 6.18 Å². The Hall–Kier alpha value is -1.89. The molecule has 2 aromatic heterocycles. The molecule has 0 atom stereocenters. The van der Waals surface area contributed by atoms with Crippen molar-refractivity contribution in [2.24, 2.45) is 5.73 Å². The Bertz CT molecular complexity index is 518. The van der Waals surface area contributed by atoms with Gasteiger partial charge in [-0.1, -0.05) is 6.07 Å². The van der Waals surface area contributed by atoms with Crippen LogP contribution >= 0.6 is 0 Å². The molecule has 0 aliphatic rings. The number of alkyl halides is 3. The number of rotatable bonds is 2. The summed E-state index contributed by atoms with van der Waals surface area (Å²) >= 11 is 0. The molecule has 0 amide bonds. The molecule has 0 spiro atoms. The third-order valence-corrected chi connectivity index (χ3v) is 2.17. The third-order valence-electron chi connectivity index (χ3n) is 2.17. The number of halogens is 3. The van der Waals surface area contributed by atoms with Crippen LogP contribution in [0.2, 0.25) is 0 Å². The van der Waals surface area contributed by atoms with Crippen molar-refractivity contribution in [2.75, 3.05) is 0 Å². The SMILES string of the molecule is NCc1nccn1-c1cccc(C(F)(F)F)n1. The van der Waals surface area contributed by atoms with E-state index in [4.69, 9.17) is 5.73 Å². The van der Waals surface area contributed by atoms with Crippen LogP contribution in [0.1, 0.15) is 11.5 Å². The topological polar surface area (TPSA) is 56.7 Å². The molecule has 0 aliphatic heterocycles. The lowest BCUT2D eigenvalue weighted by molar-refractivity contribution is -0.141. The molecule has 0 bridgehead atoms. The summed E-state index contributed by atoms with van der Waals surface area (Å²) in [5, 5.41) is 0. The van der Waals surface area contributed by atoms with Crippen LogP contribution in [-0.4, -0.2) is 14.5 Å². The first-order chi connectivity index (χ1) is 8.02. The van der Waals surface area contributed by atoms with Crippen molar-refractivity contribution in [1.82, 2.24) is 14.5 Å². The largest absolute Gasteiger partial charge is 0.433 e. The van der Waals surface area contributed by atoms with E-state index in [1.54, 1.807) is 0 Å². The Balaban J connectivity index is 2.47. The maximum Gasteiger partial charge on any atom is 0.433 e. The molecule has 0 aromatic carbocycles. The molecule has 0 aliphatic carbocycles. The van der Waals surface area contributed by atoms with Crippen LogP contribution in [0, 0.1) is 0 Å². The minimum absolute atomic E-state index is 0.130. The highest BCUT2D eigenvalue weighted by molar-refractivity contribution is 5.27. The maximum atomic E-state index is 12.5. The molecule has 17 heavy (non-hydrogen) atoms. The van der Waals surface area contributed by atoms with E-state index in [0.29, 0.717) is 5.82 Å². The van der Waals surface area contributed by atoms with Gasteiger partial charge < -0.3 is 5.73 Å². The van der Waals surface area contributed by atoms with E-state index < -0.39 is 11.9 Å². The summed E-state index contributed by atoms with van der Waals surface area (Å²) in [5.74, 6) is 0.606. The van der Waals surface area contributed by atoms with Crippen molar-refractivity contribution in [3.8, 4) is 5.82 Å². The van der Waals surface area contributed by atoms with Crippen molar-refractivity contribution in [2.45, 2.75) is 12.7 Å². The Morgan fingerprint density at radius 3 is 2.71 bits per heavy atom. The Morgan fingerprint density at radius 1 is 1.29 bits per heavy atom. The van der Waals surface area contributed by atoms with Gasteiger partial charge in [0.05, 0.1) is 6.54 Å². The van der Waals surface area contributed by atoms with Crippen LogP contribution in [0.15, 0.2) is 30.6 Å². The second-order valence-corrected chi connectivity index (χ2v) is 3.30. The average molecular weight is 242 g/mol. The quantitative estimate of drug-likeness (QED) is 0.872. The van der Waals surface area contributed by atoms with Gasteiger partial charge in [-0.3, -0.25) is 4.57 Å². The highest BCUT2D eigenvalue weighted by Crippen LogP contribution is 2.27. The summed E-state index contributed by atoms with van der Waals surface area (Å²) in [4.78, 5) is 7.46. The number of imidazole rings is 1. The van der Waals surface area contributed by atoms with E-state index in [1.807, 2.05) is 0 Å². The van der Waals surface area contributed by atoms with Gasteiger partial charge in [0, 0.05) is 12.4 Å². The summed E-state index contributed by atoms with van der Waals surface area (Å²) in [6, 6.07) is 3.68. The third kappa shape index (κ3) is 2.28. The zero-order valence-electron chi connectivity index (χ0n) is 8.65. The van der Waals surface area contributed by atoms with Crippen LogP contribution in [0.4, 0.5) is 13.2 Å². The maximum absolute atomic E-state index is 12.5. The normalized spacial score (nSPS) is 11.8. The number of hydrogen-bond acceptors (Lipinski definition) is 3. The number of nitrogens with zero attached hydrogens (tertiary/aromatic N) is 3. The van der Waals surface area contributed by atoms with E-state index in [1.165, 1.54) is 29.1 Å². The Morgan fingerprint density at radius 2 is 2.06 bits per heavy atom. The fourth-order valence-corrected chi connectivity index (χ4v) is 1.41. The first-order valence-electron chi connectivity index (χ1n) is 4.79. The molecule has 2 heterocycles. The molecule has 2 N–H and O–H groups in total. The smallest absolute Gasteiger partial charge is 0.324 e. The molecular formula is C10H9F3N4. The van der Waals surface area contributed by atoms with Gasteiger partial charge in [-0.05, 0) is 12.1 Å². The van der Waals surface area contributed by atoms with Gasteiger partial charge in [-0.15, -0.1) is 0 Å². The fourth-order valence-electron chi connectivity index (χ4n) is 1.41. The Labute approximate surface area is 94.9 Å². The monoisotopic (exact) mass is 242 g/mol. The molecule has 2 rings (SSSR count). The first-order valence-corrected chi connectivity index (χ1v) is 4.79. The van der Waals surface area contributed by atoms with Crippen LogP contribution in [-0.2, 0) is 12.7 Å². The van der Waals surface area contributed by atoms with E-state index in [-0.39, 0.29) is 12.4 Å². The Kier molecular flexibility index (Phi) is 2.84. The molecule has 0 fully saturated rings. The summed E-state index contributed by atoms with van der Waals surface area (Å²) in [6.45, 7) is 0.130. The lowest BCUT2D eigenvalue weighted by atomic mass is 10.3. The zero-order chi connectivity index (χ0) is 12.5. The molecule has 0 unspecified atom stereocenters. The summed E-state index contributed by atoms with van der Waals surface area (Å²) in [6.07, 6.45) is -1.48. The lowest BCUT2D eigenvalue weighted by Crippen LogP contribution is -2.12. The minimum atomic E-state index is -4.46. The van der Waals surface area contributed by atoms with Crippen molar-refractivity contribution in [3.05, 3.63) is 42.1 Å². The predicted octanol–water partition coefficient (Wildman–Crippen LogP) is 1.74. The van der Waals surface area contributed by atoms with Gasteiger partial charge in [0.25, 0.3) is 0 Å². The second kappa shape index (κ2) is 4.17. The van der Waals surface area contributed by atoms with Gasteiger partial charge in [-0.25, -0.2) is 9.97 Å². The van der Waals surface area contributed by atoms with Crippen LogP contribution in [0.3, 0.4) is 0 Å². The van der Waals surface area contributed by atoms with Crippen molar-refractivity contribution in [3.63, 3.8) is 0 Å². The number of hydrogen-bond donors (Lipinski definition) is 1. The highest BCUT2D eigenvalue weighted by atomic mass is 19.4. The molecular weight excluding hydrogens is 233 g/mol. The zero-order valence-corrected chi connectivity index (χ0v) is 8.65. The van der Waals surface area contributed by atoms with E-state index in [2.05, 4.69) is 9.97 Å². The van der Waals surface area contributed by atoms with Gasteiger partial charge in [-0.2, -0.15) is 13.2 Å². The van der Waals surface area contributed by atoms with Gasteiger partial charge in [0.2, 0.25) is 0 Å². The highest BCUT2D eigenvalue weighted by Gasteiger charge is 2.32. The first kappa shape index (κ1) is 11.6. The van der Waals surface area contributed by atoms with Crippen molar-refractivity contribution < 1.29 is 13.2 Å². The van der Waals surface area contributed by atoms with E-state index >= 15 is 0 Å². The van der Waals surface area contributed by atoms with Crippen LogP contribution in [0.25, 0.3) is 5.82 Å². The van der Waals surface area contributed by atoms with Crippen LogP contribution < -0.4 is 5.73 Å². The molecule has 90 valence electrons. The molecule has 7 heteroatoms. The molecule has 2 aromatic rings. The summed E-state index contributed by atoms with van der Waals surface area (Å²) < 4.78 is 38.9. The van der Waals surface area contributed by atoms with Gasteiger partial charge in [0.15, 0.2) is 0 Å². The molecule has 0 saturated carbocycles. The van der Waals surface area contributed by atoms with Gasteiger partial charge in [0.1, 0.15) is 17.3 Å². The second-order valence-electron chi connectivity index (χ2n) is 3.30. The minimum Gasteiger partial charge on any atom is -0.324 e. The van der Waals surface area contributed by atoms with Crippen LogP contribution in [0.5, 0.6) is 0 Å². The molecule has 0 radical (unpaired) electrons. The predicted molar refractivity (Wildman–Crippen MR) is 54.3 cm³/mol. The number of nitrogens with two attached hydrogens (primary N) is 1. The standard InChI is InChI=1S/C10H9F3N4/c11-10(12,13)7-2-1-3-8(16-7)17-5-4-15-9(17)6-14/h1-5H,6,14H2. The van der Waals surface area contributed by atoms with E-state index in [0.717, 1.165) is 6.07 Å². The lowest BCUT2D eigenvalue weighted by Gasteiger charge is -2.09. The van der Waals surface area contributed by atoms with E-state index in [9.17, 15) is 13.2 Å². The fraction of sp³-hybridized carbons (Fsp3) is 0.200.